The first kappa shape index (κ1) is 16.6. The van der Waals surface area contributed by atoms with E-state index in [9.17, 15) is 19.2 Å². The van der Waals surface area contributed by atoms with Gasteiger partial charge >= 0.3 is 6.03 Å². The van der Waals surface area contributed by atoms with Crippen molar-refractivity contribution in [2.45, 2.75) is 18.9 Å². The number of Topliss-reactive ketones (excluding diaryl/α,β-unsaturated/α-hetero) is 1. The Morgan fingerprint density at radius 3 is 2.04 bits per heavy atom. The van der Waals surface area contributed by atoms with E-state index >= 15 is 0 Å². The number of imide groups is 2. The number of urea groups is 1. The molecule has 1 saturated heterocycles. The summed E-state index contributed by atoms with van der Waals surface area (Å²) in [6.45, 7) is 0. The number of carbonyl (C=O) groups excluding carboxylic acids is 4. The number of benzene rings is 2. The molecular formula is C19H16N2O4. The molecule has 1 heterocycles. The van der Waals surface area contributed by atoms with Crippen molar-refractivity contribution >= 4 is 23.6 Å². The zero-order valence-corrected chi connectivity index (χ0v) is 13.3. The molecule has 0 aliphatic carbocycles. The summed E-state index contributed by atoms with van der Waals surface area (Å²) in [5.41, 5.74) is 1.47. The van der Waals surface area contributed by atoms with Crippen LogP contribution in [0.5, 0.6) is 0 Å². The smallest absolute Gasteiger partial charge is 0.288 e. The minimum atomic E-state index is -1.01. The molecule has 0 spiro atoms. The van der Waals surface area contributed by atoms with Gasteiger partial charge in [-0.05, 0) is 11.1 Å². The molecule has 0 radical (unpaired) electrons. The minimum Gasteiger partial charge on any atom is -0.288 e. The van der Waals surface area contributed by atoms with Gasteiger partial charge in [0.25, 0.3) is 11.8 Å². The molecule has 1 N–H and O–H groups in total. The molecular weight excluding hydrogens is 320 g/mol. The average Bonchev–Trinajstić information content (AvgIpc) is 2.89. The Labute approximate surface area is 144 Å². The quantitative estimate of drug-likeness (QED) is 0.662. The number of hydrogen-bond acceptors (Lipinski definition) is 4. The van der Waals surface area contributed by atoms with Gasteiger partial charge in [-0.2, -0.15) is 0 Å². The van der Waals surface area contributed by atoms with Crippen LogP contribution in [0.1, 0.15) is 11.1 Å². The topological polar surface area (TPSA) is 83.6 Å². The van der Waals surface area contributed by atoms with Crippen molar-refractivity contribution in [1.29, 1.82) is 0 Å². The summed E-state index contributed by atoms with van der Waals surface area (Å²) in [4.78, 5) is 49.5. The lowest BCUT2D eigenvalue weighted by Crippen LogP contribution is -2.45. The Kier molecular flexibility index (Phi) is 4.70. The van der Waals surface area contributed by atoms with Crippen LogP contribution < -0.4 is 5.32 Å². The van der Waals surface area contributed by atoms with Gasteiger partial charge in [0, 0.05) is 12.8 Å². The highest BCUT2D eigenvalue weighted by Gasteiger charge is 2.44. The summed E-state index contributed by atoms with van der Waals surface area (Å²) < 4.78 is 0. The first-order chi connectivity index (χ1) is 12.1. The Morgan fingerprint density at radius 1 is 0.880 bits per heavy atom. The second kappa shape index (κ2) is 7.09. The largest absolute Gasteiger partial charge is 0.331 e. The molecule has 4 amide bonds. The minimum absolute atomic E-state index is 0.115. The third-order valence-electron chi connectivity index (χ3n) is 4.00. The van der Waals surface area contributed by atoms with E-state index in [1.54, 1.807) is 54.6 Å². The van der Waals surface area contributed by atoms with Crippen molar-refractivity contribution in [3.8, 4) is 0 Å². The third-order valence-corrected chi connectivity index (χ3v) is 4.00. The molecule has 1 atom stereocenters. The number of hydrogen-bond donors (Lipinski definition) is 1. The van der Waals surface area contributed by atoms with Crippen molar-refractivity contribution in [2.24, 2.45) is 0 Å². The monoisotopic (exact) mass is 336 g/mol. The summed E-state index contributed by atoms with van der Waals surface area (Å²) in [5, 5.41) is 2.11. The van der Waals surface area contributed by atoms with Crippen LogP contribution in [0.4, 0.5) is 4.79 Å². The summed E-state index contributed by atoms with van der Waals surface area (Å²) >= 11 is 0. The van der Waals surface area contributed by atoms with Crippen molar-refractivity contribution < 1.29 is 19.2 Å². The summed E-state index contributed by atoms with van der Waals surface area (Å²) in [6, 6.07) is 15.9. The van der Waals surface area contributed by atoms with Crippen LogP contribution in [0, 0.1) is 0 Å². The number of amides is 4. The Bertz CT molecular complexity index is 818. The molecule has 0 saturated carbocycles. The molecule has 0 aromatic heterocycles. The summed E-state index contributed by atoms with van der Waals surface area (Å²) in [5.74, 6) is -2.27. The van der Waals surface area contributed by atoms with Crippen LogP contribution >= 0.6 is 0 Å². The van der Waals surface area contributed by atoms with Gasteiger partial charge in [-0.1, -0.05) is 60.7 Å². The maximum absolute atomic E-state index is 12.5. The lowest BCUT2D eigenvalue weighted by molar-refractivity contribution is -0.144. The van der Waals surface area contributed by atoms with Gasteiger partial charge in [0.1, 0.15) is 6.04 Å². The highest BCUT2D eigenvalue weighted by atomic mass is 16.2. The molecule has 25 heavy (non-hydrogen) atoms. The van der Waals surface area contributed by atoms with Crippen LogP contribution in [0.25, 0.3) is 0 Å². The fourth-order valence-corrected chi connectivity index (χ4v) is 2.75. The van der Waals surface area contributed by atoms with E-state index in [0.29, 0.717) is 5.56 Å². The maximum atomic E-state index is 12.5. The van der Waals surface area contributed by atoms with Crippen LogP contribution in [0.15, 0.2) is 60.7 Å². The molecule has 6 heteroatoms. The second-order valence-corrected chi connectivity index (χ2v) is 5.76. The molecule has 126 valence electrons. The maximum Gasteiger partial charge on any atom is 0.331 e. The average molecular weight is 336 g/mol. The van der Waals surface area contributed by atoms with Gasteiger partial charge in [0.15, 0.2) is 0 Å². The van der Waals surface area contributed by atoms with Crippen molar-refractivity contribution in [1.82, 2.24) is 10.2 Å². The van der Waals surface area contributed by atoms with Gasteiger partial charge < -0.3 is 0 Å². The summed E-state index contributed by atoms with van der Waals surface area (Å²) in [7, 11) is 0. The van der Waals surface area contributed by atoms with E-state index in [4.69, 9.17) is 0 Å². The van der Waals surface area contributed by atoms with E-state index in [2.05, 4.69) is 5.32 Å². The first-order valence-electron chi connectivity index (χ1n) is 7.85. The molecule has 1 aliphatic rings. The number of carbonyl (C=O) groups is 4. The fourth-order valence-electron chi connectivity index (χ4n) is 2.75. The van der Waals surface area contributed by atoms with Crippen LogP contribution in [0.2, 0.25) is 0 Å². The molecule has 0 bridgehead atoms. The molecule has 2 aromatic rings. The van der Waals surface area contributed by atoms with Crippen molar-refractivity contribution in [3.05, 3.63) is 71.8 Å². The first-order valence-corrected chi connectivity index (χ1v) is 7.85. The highest BCUT2D eigenvalue weighted by molar-refractivity contribution is 6.40. The molecule has 2 aromatic carbocycles. The van der Waals surface area contributed by atoms with E-state index in [-0.39, 0.29) is 12.8 Å². The number of nitrogens with zero attached hydrogens (tertiary/aromatic N) is 1. The van der Waals surface area contributed by atoms with Crippen LogP contribution in [-0.2, 0) is 27.2 Å². The fraction of sp³-hybridized carbons (Fsp3) is 0.158. The number of rotatable bonds is 5. The van der Waals surface area contributed by atoms with E-state index in [0.717, 1.165) is 10.5 Å². The van der Waals surface area contributed by atoms with Crippen molar-refractivity contribution in [3.63, 3.8) is 0 Å². The second-order valence-electron chi connectivity index (χ2n) is 5.76. The zero-order chi connectivity index (χ0) is 17.8. The van der Waals surface area contributed by atoms with Gasteiger partial charge in [0.05, 0.1) is 0 Å². The van der Waals surface area contributed by atoms with Crippen molar-refractivity contribution in [2.75, 3.05) is 0 Å². The predicted octanol–water partition coefficient (Wildman–Crippen LogP) is 1.49. The number of ketones is 1. The Hall–Kier alpha value is -3.28. The normalized spacial score (nSPS) is 16.6. The lowest BCUT2D eigenvalue weighted by Gasteiger charge is -2.19. The molecule has 1 aliphatic heterocycles. The molecule has 6 nitrogen and oxygen atoms in total. The SMILES string of the molecule is O=C(Cc1ccccc1)C(=O)N1C(=O)NC(=O)C1Cc1ccccc1. The lowest BCUT2D eigenvalue weighted by atomic mass is 10.0. The van der Waals surface area contributed by atoms with Gasteiger partial charge in [-0.25, -0.2) is 9.69 Å². The molecule has 1 unspecified atom stereocenters. The number of nitrogens with one attached hydrogen (secondary N) is 1. The van der Waals surface area contributed by atoms with Gasteiger partial charge in [0.2, 0.25) is 5.78 Å². The van der Waals surface area contributed by atoms with E-state index < -0.39 is 29.7 Å². The predicted molar refractivity (Wildman–Crippen MR) is 89.5 cm³/mol. The van der Waals surface area contributed by atoms with E-state index in [1.807, 2.05) is 6.07 Å². The van der Waals surface area contributed by atoms with Crippen LogP contribution in [0.3, 0.4) is 0 Å². The van der Waals surface area contributed by atoms with Gasteiger partial charge in [-0.15, -0.1) is 0 Å². The van der Waals surface area contributed by atoms with E-state index in [1.165, 1.54) is 0 Å². The molecule has 1 fully saturated rings. The Balaban J connectivity index is 1.77. The highest BCUT2D eigenvalue weighted by Crippen LogP contribution is 2.16. The summed E-state index contributed by atoms with van der Waals surface area (Å²) in [6.07, 6.45) is 0.0540. The zero-order valence-electron chi connectivity index (χ0n) is 13.3. The van der Waals surface area contributed by atoms with Gasteiger partial charge in [-0.3, -0.25) is 19.7 Å². The molecule has 3 rings (SSSR count). The van der Waals surface area contributed by atoms with Crippen LogP contribution in [-0.4, -0.2) is 34.6 Å². The standard InChI is InChI=1S/C19H16N2O4/c22-16(12-14-9-5-2-6-10-14)18(24)21-15(17(23)20-19(21)25)11-13-7-3-1-4-8-13/h1-10,15H,11-12H2,(H,20,23,25). The Morgan fingerprint density at radius 2 is 1.44 bits per heavy atom. The third kappa shape index (κ3) is 3.63.